The van der Waals surface area contributed by atoms with Crippen LogP contribution in [0.1, 0.15) is 65.2 Å². The third-order valence-corrected chi connectivity index (χ3v) is 3.16. The van der Waals surface area contributed by atoms with Crippen LogP contribution in [-0.2, 0) is 19.1 Å². The van der Waals surface area contributed by atoms with Crippen LogP contribution in [0.2, 0.25) is 0 Å². The topological polar surface area (TPSA) is 52.6 Å². The first kappa shape index (κ1) is 20.4. The maximum atomic E-state index is 11.4. The number of carbonyl (C=O) groups excluding carboxylic acids is 2. The molecule has 4 nitrogen and oxygen atoms in total. The Kier molecular flexibility index (Phi) is 13.3. The molecule has 4 heteroatoms. The molecule has 0 radical (unpaired) electrons. The molecular weight excluding hydrogens is 280 g/mol. The minimum absolute atomic E-state index is 0.238. The smallest absolute Gasteiger partial charge is 0.331 e. The lowest BCUT2D eigenvalue weighted by atomic mass is 10.1. The minimum Gasteiger partial charge on any atom is -0.463 e. The lowest BCUT2D eigenvalue weighted by Crippen LogP contribution is -2.12. The van der Waals surface area contributed by atoms with Crippen molar-refractivity contribution in [1.29, 1.82) is 0 Å². The number of carbonyl (C=O) groups is 2. The van der Waals surface area contributed by atoms with Gasteiger partial charge in [-0.25, -0.2) is 9.59 Å². The van der Waals surface area contributed by atoms with Crippen LogP contribution < -0.4 is 0 Å². The van der Waals surface area contributed by atoms with Crippen molar-refractivity contribution >= 4 is 11.9 Å². The highest BCUT2D eigenvalue weighted by Gasteiger charge is 2.05. The average molecular weight is 310 g/mol. The van der Waals surface area contributed by atoms with Crippen molar-refractivity contribution in [3.05, 3.63) is 24.8 Å². The minimum atomic E-state index is -0.540. The summed E-state index contributed by atoms with van der Waals surface area (Å²) in [6.07, 6.45) is 12.4. The van der Waals surface area contributed by atoms with Crippen molar-refractivity contribution in [3.63, 3.8) is 0 Å². The van der Waals surface area contributed by atoms with Crippen LogP contribution >= 0.6 is 0 Å². The maximum Gasteiger partial charge on any atom is 0.331 e. The van der Waals surface area contributed by atoms with E-state index in [1.165, 1.54) is 32.1 Å². The van der Waals surface area contributed by atoms with Gasteiger partial charge in [0.15, 0.2) is 0 Å². The van der Waals surface area contributed by atoms with E-state index in [2.05, 4.69) is 13.5 Å². The maximum absolute atomic E-state index is 11.4. The van der Waals surface area contributed by atoms with E-state index in [4.69, 9.17) is 9.47 Å². The van der Waals surface area contributed by atoms with Crippen molar-refractivity contribution in [2.24, 2.45) is 0 Å². The van der Waals surface area contributed by atoms with E-state index in [9.17, 15) is 9.59 Å². The summed E-state index contributed by atoms with van der Waals surface area (Å²) >= 11 is 0. The van der Waals surface area contributed by atoms with Crippen LogP contribution in [0.4, 0.5) is 0 Å². The molecule has 0 fully saturated rings. The molecule has 0 aliphatic heterocycles. The number of rotatable bonds is 13. The van der Waals surface area contributed by atoms with E-state index in [0.29, 0.717) is 13.0 Å². The van der Waals surface area contributed by atoms with E-state index in [0.717, 1.165) is 25.0 Å². The van der Waals surface area contributed by atoms with Gasteiger partial charge in [0.05, 0.1) is 6.61 Å². The molecule has 0 saturated heterocycles. The van der Waals surface area contributed by atoms with Gasteiger partial charge in [-0.15, -0.1) is 6.58 Å². The van der Waals surface area contributed by atoms with Crippen LogP contribution in [0.25, 0.3) is 0 Å². The summed E-state index contributed by atoms with van der Waals surface area (Å²) in [6, 6.07) is 0. The molecular formula is C18H30O4. The van der Waals surface area contributed by atoms with Gasteiger partial charge in [0.1, 0.15) is 6.10 Å². The standard InChI is InChI=1S/C18H30O4/c1-4-6-7-8-9-10-11-15-21-17(19)13-14-18(20)22-16(3)12-5-2/h5,13-14,16H,2,4,6-12,15H2,1,3H3/b14-13+. The Hall–Kier alpha value is -1.58. The second-order valence-electron chi connectivity index (χ2n) is 5.39. The number of ether oxygens (including phenoxy) is 2. The normalized spacial score (nSPS) is 12.1. The van der Waals surface area contributed by atoms with Crippen molar-refractivity contribution in [2.75, 3.05) is 6.61 Å². The lowest BCUT2D eigenvalue weighted by molar-refractivity contribution is -0.143. The number of hydrogen-bond acceptors (Lipinski definition) is 4. The van der Waals surface area contributed by atoms with Gasteiger partial charge >= 0.3 is 11.9 Å². The molecule has 0 N–H and O–H groups in total. The second kappa shape index (κ2) is 14.4. The molecule has 0 rings (SSSR count). The lowest BCUT2D eigenvalue weighted by Gasteiger charge is -2.08. The first-order valence-electron chi connectivity index (χ1n) is 8.26. The van der Waals surface area contributed by atoms with Crippen molar-refractivity contribution in [3.8, 4) is 0 Å². The summed E-state index contributed by atoms with van der Waals surface area (Å²) in [7, 11) is 0. The van der Waals surface area contributed by atoms with E-state index >= 15 is 0 Å². The highest BCUT2D eigenvalue weighted by Crippen LogP contribution is 2.07. The van der Waals surface area contributed by atoms with Crippen LogP contribution in [-0.4, -0.2) is 24.6 Å². The fourth-order valence-corrected chi connectivity index (χ4v) is 1.94. The monoisotopic (exact) mass is 310 g/mol. The third-order valence-electron chi connectivity index (χ3n) is 3.16. The number of esters is 2. The molecule has 0 aliphatic carbocycles. The van der Waals surface area contributed by atoms with Gasteiger partial charge in [-0.2, -0.15) is 0 Å². The largest absolute Gasteiger partial charge is 0.463 e. The van der Waals surface area contributed by atoms with Crippen LogP contribution in [0.5, 0.6) is 0 Å². The molecule has 0 aromatic heterocycles. The molecule has 0 aliphatic rings. The Morgan fingerprint density at radius 3 is 2.23 bits per heavy atom. The van der Waals surface area contributed by atoms with Gasteiger partial charge in [-0.05, 0) is 13.3 Å². The Labute approximate surface area is 134 Å². The predicted molar refractivity (Wildman–Crippen MR) is 88.5 cm³/mol. The molecule has 1 atom stereocenters. The van der Waals surface area contributed by atoms with E-state index < -0.39 is 11.9 Å². The van der Waals surface area contributed by atoms with Gasteiger partial charge in [0.25, 0.3) is 0 Å². The molecule has 0 bridgehead atoms. The fourth-order valence-electron chi connectivity index (χ4n) is 1.94. The van der Waals surface area contributed by atoms with E-state index in [1.807, 2.05) is 0 Å². The molecule has 0 amide bonds. The predicted octanol–water partition coefficient (Wildman–Crippen LogP) is 4.34. The third kappa shape index (κ3) is 13.4. The van der Waals surface area contributed by atoms with Gasteiger partial charge < -0.3 is 9.47 Å². The highest BCUT2D eigenvalue weighted by molar-refractivity contribution is 5.91. The number of hydrogen-bond donors (Lipinski definition) is 0. The number of unbranched alkanes of at least 4 members (excludes halogenated alkanes) is 6. The first-order valence-corrected chi connectivity index (χ1v) is 8.26. The first-order chi connectivity index (χ1) is 10.6. The van der Waals surface area contributed by atoms with Gasteiger partial charge in [0.2, 0.25) is 0 Å². The second-order valence-corrected chi connectivity index (χ2v) is 5.39. The summed E-state index contributed by atoms with van der Waals surface area (Å²) in [5.74, 6) is -1.04. The molecule has 126 valence electrons. The molecule has 0 heterocycles. The van der Waals surface area contributed by atoms with Crippen LogP contribution in [0.3, 0.4) is 0 Å². The Bertz CT molecular complexity index is 347. The molecule has 0 saturated carbocycles. The van der Waals surface area contributed by atoms with Gasteiger partial charge in [0, 0.05) is 18.6 Å². The SMILES string of the molecule is C=CCC(C)OC(=O)/C=C/C(=O)OCCCCCCCCC. The summed E-state index contributed by atoms with van der Waals surface area (Å²) in [6.45, 7) is 7.94. The fraction of sp³-hybridized carbons (Fsp3) is 0.667. The Morgan fingerprint density at radius 2 is 1.59 bits per heavy atom. The zero-order chi connectivity index (χ0) is 16.6. The van der Waals surface area contributed by atoms with Gasteiger partial charge in [-0.3, -0.25) is 0 Å². The highest BCUT2D eigenvalue weighted by atomic mass is 16.5. The summed E-state index contributed by atoms with van der Waals surface area (Å²) in [5.41, 5.74) is 0. The quantitative estimate of drug-likeness (QED) is 0.220. The molecule has 22 heavy (non-hydrogen) atoms. The van der Waals surface area contributed by atoms with Crippen molar-refractivity contribution in [2.45, 2.75) is 71.3 Å². The van der Waals surface area contributed by atoms with Crippen LogP contribution in [0, 0.1) is 0 Å². The van der Waals surface area contributed by atoms with Crippen LogP contribution in [0.15, 0.2) is 24.8 Å². The van der Waals surface area contributed by atoms with Gasteiger partial charge in [-0.1, -0.05) is 51.5 Å². The Morgan fingerprint density at radius 1 is 1.00 bits per heavy atom. The summed E-state index contributed by atoms with van der Waals surface area (Å²) in [5, 5.41) is 0. The summed E-state index contributed by atoms with van der Waals surface area (Å²) < 4.78 is 10.0. The van der Waals surface area contributed by atoms with E-state index in [-0.39, 0.29) is 6.10 Å². The van der Waals surface area contributed by atoms with E-state index in [1.54, 1.807) is 13.0 Å². The summed E-state index contributed by atoms with van der Waals surface area (Å²) in [4.78, 5) is 22.8. The molecule has 1 unspecified atom stereocenters. The van der Waals surface area contributed by atoms with Crippen molar-refractivity contribution < 1.29 is 19.1 Å². The van der Waals surface area contributed by atoms with Crippen molar-refractivity contribution in [1.82, 2.24) is 0 Å². The zero-order valence-corrected chi connectivity index (χ0v) is 14.0. The molecule has 0 aromatic rings. The average Bonchev–Trinajstić information content (AvgIpc) is 2.48. The Balaban J connectivity index is 3.61. The molecule has 0 spiro atoms. The zero-order valence-electron chi connectivity index (χ0n) is 14.0. The molecule has 0 aromatic carbocycles.